The molecule has 1 aromatic heterocycles. The molecule has 2 aliphatic heterocycles. The number of hydrogen-bond donors (Lipinski definition) is 2. The minimum atomic E-state index is 0. The van der Waals surface area contributed by atoms with Gasteiger partial charge in [0.25, 0.3) is 0 Å². The lowest BCUT2D eigenvalue weighted by atomic mass is 10.2. The van der Waals surface area contributed by atoms with Crippen molar-refractivity contribution >= 4 is 35.6 Å². The number of guanidine groups is 1. The second-order valence-electron chi connectivity index (χ2n) is 8.30. The molecule has 2 aliphatic rings. The number of halogens is 1. The smallest absolute Gasteiger partial charge is 0.194 e. The number of nitrogens with zero attached hydrogens (tertiary/aromatic N) is 6. The number of anilines is 1. The molecule has 0 aliphatic carbocycles. The Morgan fingerprint density at radius 2 is 1.88 bits per heavy atom. The monoisotopic (exact) mass is 553 g/mol. The summed E-state index contributed by atoms with van der Waals surface area (Å²) in [5, 5.41) is 22.4. The quantitative estimate of drug-likeness (QED) is 0.248. The third kappa shape index (κ3) is 6.05. The van der Waals surface area contributed by atoms with Gasteiger partial charge in [-0.15, -0.1) is 34.2 Å². The van der Waals surface area contributed by atoms with E-state index in [2.05, 4.69) is 36.8 Å². The molecule has 0 amide bonds. The molecule has 1 fully saturated rings. The fourth-order valence-electron chi connectivity index (χ4n) is 4.47. The lowest BCUT2D eigenvalue weighted by Crippen LogP contribution is -2.52. The van der Waals surface area contributed by atoms with E-state index in [1.165, 1.54) is 19.3 Å². The van der Waals surface area contributed by atoms with Gasteiger partial charge in [-0.3, -0.25) is 4.99 Å². The molecule has 0 unspecified atom stereocenters. The maximum Gasteiger partial charge on any atom is 0.194 e. The highest BCUT2D eigenvalue weighted by molar-refractivity contribution is 14.0. The number of rotatable bonds is 6. The molecule has 9 heteroatoms. The standard InChI is InChI=1S/C23H35N7O.HI/c1-2-24-23(29-17-15-28(16-18-29)19-9-5-6-10-20(19)31)25-13-8-12-22-27-26-21-11-4-3-7-14-30(21)22;/h5-6,9-10,31H,2-4,7-8,11-18H2,1H3,(H,24,25);1H. The summed E-state index contributed by atoms with van der Waals surface area (Å²) in [5.74, 6) is 3.61. The summed E-state index contributed by atoms with van der Waals surface area (Å²) in [5.41, 5.74) is 0.913. The predicted octanol–water partition coefficient (Wildman–Crippen LogP) is 3.05. The van der Waals surface area contributed by atoms with E-state index < -0.39 is 0 Å². The Morgan fingerprint density at radius 3 is 2.66 bits per heavy atom. The first kappa shape index (κ1) is 24.6. The van der Waals surface area contributed by atoms with E-state index in [1.807, 2.05) is 18.2 Å². The number of phenols is 1. The van der Waals surface area contributed by atoms with Gasteiger partial charge in [0, 0.05) is 58.7 Å². The van der Waals surface area contributed by atoms with Crippen LogP contribution in [-0.2, 0) is 19.4 Å². The van der Waals surface area contributed by atoms with Crippen LogP contribution < -0.4 is 10.2 Å². The van der Waals surface area contributed by atoms with Crippen LogP contribution in [0, 0.1) is 0 Å². The molecule has 1 saturated heterocycles. The van der Waals surface area contributed by atoms with Crippen LogP contribution in [0.5, 0.6) is 5.75 Å². The van der Waals surface area contributed by atoms with Crippen molar-refractivity contribution in [2.24, 2.45) is 4.99 Å². The molecule has 176 valence electrons. The van der Waals surface area contributed by atoms with Crippen molar-refractivity contribution in [2.75, 3.05) is 44.2 Å². The molecule has 2 N–H and O–H groups in total. The van der Waals surface area contributed by atoms with Crippen molar-refractivity contribution in [3.8, 4) is 5.75 Å². The number of aromatic hydroxyl groups is 1. The van der Waals surface area contributed by atoms with E-state index in [-0.39, 0.29) is 24.0 Å². The van der Waals surface area contributed by atoms with Crippen LogP contribution in [0.15, 0.2) is 29.3 Å². The Bertz CT molecular complexity index is 877. The van der Waals surface area contributed by atoms with Gasteiger partial charge in [-0.2, -0.15) is 0 Å². The first-order chi connectivity index (χ1) is 15.3. The lowest BCUT2D eigenvalue weighted by molar-refractivity contribution is 0.369. The van der Waals surface area contributed by atoms with Crippen molar-refractivity contribution in [3.05, 3.63) is 35.9 Å². The number of fused-ring (bicyclic) bond motifs is 1. The fourth-order valence-corrected chi connectivity index (χ4v) is 4.47. The number of para-hydroxylation sites is 2. The average Bonchev–Trinajstić information content (AvgIpc) is 3.02. The Morgan fingerprint density at radius 1 is 1.06 bits per heavy atom. The summed E-state index contributed by atoms with van der Waals surface area (Å²) in [7, 11) is 0. The zero-order valence-corrected chi connectivity index (χ0v) is 21.4. The van der Waals surface area contributed by atoms with Gasteiger partial charge in [0.15, 0.2) is 5.96 Å². The van der Waals surface area contributed by atoms with Crippen molar-refractivity contribution in [1.82, 2.24) is 25.0 Å². The van der Waals surface area contributed by atoms with Crippen LogP contribution in [0.1, 0.15) is 44.3 Å². The number of aromatic nitrogens is 3. The fraction of sp³-hybridized carbons (Fsp3) is 0.609. The van der Waals surface area contributed by atoms with E-state index in [9.17, 15) is 5.11 Å². The molecular formula is C23H36IN7O. The summed E-state index contributed by atoms with van der Waals surface area (Å²) in [6, 6.07) is 7.57. The highest BCUT2D eigenvalue weighted by Gasteiger charge is 2.21. The highest BCUT2D eigenvalue weighted by atomic mass is 127. The van der Waals surface area contributed by atoms with Crippen molar-refractivity contribution in [2.45, 2.75) is 52.0 Å². The maximum atomic E-state index is 10.1. The van der Waals surface area contributed by atoms with Crippen LogP contribution in [-0.4, -0.2) is 70.0 Å². The van der Waals surface area contributed by atoms with Crippen molar-refractivity contribution in [3.63, 3.8) is 0 Å². The predicted molar refractivity (Wildman–Crippen MR) is 139 cm³/mol. The third-order valence-corrected chi connectivity index (χ3v) is 6.14. The van der Waals surface area contributed by atoms with Gasteiger partial charge in [0.2, 0.25) is 0 Å². The van der Waals surface area contributed by atoms with Crippen LogP contribution in [0.4, 0.5) is 5.69 Å². The minimum absolute atomic E-state index is 0. The number of aryl methyl sites for hydroxylation is 2. The number of hydrogen-bond acceptors (Lipinski definition) is 5. The largest absolute Gasteiger partial charge is 0.506 e. The second-order valence-corrected chi connectivity index (χ2v) is 8.30. The summed E-state index contributed by atoms with van der Waals surface area (Å²) in [6.07, 6.45) is 6.71. The molecule has 3 heterocycles. The lowest BCUT2D eigenvalue weighted by Gasteiger charge is -2.37. The van der Waals surface area contributed by atoms with Gasteiger partial charge in [-0.05, 0) is 38.3 Å². The van der Waals surface area contributed by atoms with Crippen molar-refractivity contribution in [1.29, 1.82) is 0 Å². The zero-order chi connectivity index (χ0) is 21.5. The molecule has 0 atom stereocenters. The molecule has 1 aromatic carbocycles. The molecule has 2 aromatic rings. The van der Waals surface area contributed by atoms with Gasteiger partial charge >= 0.3 is 0 Å². The first-order valence-corrected chi connectivity index (χ1v) is 11.7. The number of nitrogens with one attached hydrogen (secondary N) is 1. The topological polar surface area (TPSA) is 81.8 Å². The van der Waals surface area contributed by atoms with Gasteiger partial charge in [-0.25, -0.2) is 0 Å². The SMILES string of the molecule is CCNC(=NCCCc1nnc2n1CCCCC2)N1CCN(c2ccccc2O)CC1.I. The van der Waals surface area contributed by atoms with Gasteiger partial charge in [-0.1, -0.05) is 18.6 Å². The number of aliphatic imine (C=N–C) groups is 1. The van der Waals surface area contributed by atoms with Crippen LogP contribution in [0.3, 0.4) is 0 Å². The highest BCUT2D eigenvalue weighted by Crippen LogP contribution is 2.27. The van der Waals surface area contributed by atoms with Gasteiger partial charge in [0.05, 0.1) is 5.69 Å². The first-order valence-electron chi connectivity index (χ1n) is 11.7. The Labute approximate surface area is 208 Å². The average molecular weight is 553 g/mol. The Balaban J connectivity index is 0.00000289. The van der Waals surface area contributed by atoms with E-state index in [1.54, 1.807) is 6.07 Å². The molecule has 8 nitrogen and oxygen atoms in total. The zero-order valence-electron chi connectivity index (χ0n) is 19.0. The normalized spacial score (nSPS) is 16.8. The molecule has 0 spiro atoms. The van der Waals surface area contributed by atoms with Crippen LogP contribution >= 0.6 is 24.0 Å². The maximum absolute atomic E-state index is 10.1. The van der Waals surface area contributed by atoms with Gasteiger partial charge in [0.1, 0.15) is 17.4 Å². The Kier molecular flexibility index (Phi) is 9.43. The third-order valence-electron chi connectivity index (χ3n) is 6.14. The van der Waals surface area contributed by atoms with E-state index >= 15 is 0 Å². The summed E-state index contributed by atoms with van der Waals surface area (Å²) < 4.78 is 2.33. The molecule has 4 rings (SSSR count). The summed E-state index contributed by atoms with van der Waals surface area (Å²) in [4.78, 5) is 9.45. The van der Waals surface area contributed by atoms with E-state index in [0.717, 1.165) is 88.4 Å². The Hall–Kier alpha value is -2.04. The van der Waals surface area contributed by atoms with Gasteiger partial charge < -0.3 is 24.8 Å². The number of benzene rings is 1. The van der Waals surface area contributed by atoms with Crippen molar-refractivity contribution < 1.29 is 5.11 Å². The van der Waals surface area contributed by atoms with E-state index in [0.29, 0.717) is 5.75 Å². The van der Waals surface area contributed by atoms with Crippen LogP contribution in [0.2, 0.25) is 0 Å². The molecule has 0 saturated carbocycles. The molecular weight excluding hydrogens is 517 g/mol. The van der Waals surface area contributed by atoms with E-state index in [4.69, 9.17) is 4.99 Å². The minimum Gasteiger partial charge on any atom is -0.506 e. The summed E-state index contributed by atoms with van der Waals surface area (Å²) >= 11 is 0. The second kappa shape index (κ2) is 12.3. The number of piperazine rings is 1. The van der Waals surface area contributed by atoms with Crippen LogP contribution in [0.25, 0.3) is 0 Å². The molecule has 0 radical (unpaired) electrons. The number of phenolic OH excluding ortho intramolecular Hbond substituents is 1. The molecule has 0 bridgehead atoms. The summed E-state index contributed by atoms with van der Waals surface area (Å²) in [6.45, 7) is 8.32. The molecule has 32 heavy (non-hydrogen) atoms.